The number of carbonyl (C=O) groups is 1. The molecule has 1 N–H and O–H groups in total. The summed E-state index contributed by atoms with van der Waals surface area (Å²) in [5, 5.41) is 3.30. The molecule has 3 rings (SSSR count). The monoisotopic (exact) mass is 203 g/mol. The van der Waals surface area contributed by atoms with Crippen LogP contribution in [0.1, 0.15) is 27.8 Å². The van der Waals surface area contributed by atoms with E-state index < -0.39 is 0 Å². The predicted octanol–water partition coefficient (Wildman–Crippen LogP) is 0.490. The molecule has 0 bridgehead atoms. The van der Waals surface area contributed by atoms with Crippen molar-refractivity contribution >= 4 is 5.91 Å². The first-order valence-electron chi connectivity index (χ1n) is 5.26. The van der Waals surface area contributed by atoms with Crippen LogP contribution in [-0.4, -0.2) is 35.4 Å². The van der Waals surface area contributed by atoms with Gasteiger partial charge in [0.1, 0.15) is 0 Å². The third-order valence-electron chi connectivity index (χ3n) is 3.11. The van der Waals surface area contributed by atoms with Gasteiger partial charge in [-0.25, -0.2) is 0 Å². The highest BCUT2D eigenvalue weighted by Gasteiger charge is 2.39. The zero-order valence-electron chi connectivity index (χ0n) is 8.66. The lowest BCUT2D eigenvalue weighted by Crippen LogP contribution is -2.44. The number of hydrogen-bond donors (Lipinski definition) is 1. The van der Waals surface area contributed by atoms with Crippen molar-refractivity contribution in [2.24, 2.45) is 0 Å². The molecule has 0 saturated carbocycles. The first kappa shape index (κ1) is 8.85. The van der Waals surface area contributed by atoms with Gasteiger partial charge >= 0.3 is 0 Å². The molecule has 0 radical (unpaired) electrons. The Bertz CT molecular complexity index is 430. The molecular formula is C11H13N3O. The van der Waals surface area contributed by atoms with Crippen LogP contribution in [0.15, 0.2) is 12.1 Å². The van der Waals surface area contributed by atoms with E-state index >= 15 is 0 Å². The number of aromatic nitrogens is 1. The molecule has 78 valence electrons. The molecule has 2 aliphatic rings. The molecule has 1 aromatic heterocycles. The second-order valence-electron chi connectivity index (χ2n) is 4.10. The van der Waals surface area contributed by atoms with Crippen molar-refractivity contribution in [2.75, 3.05) is 19.6 Å². The third kappa shape index (κ3) is 1.18. The highest BCUT2D eigenvalue weighted by molar-refractivity contribution is 5.98. The summed E-state index contributed by atoms with van der Waals surface area (Å²) in [4.78, 5) is 18.4. The summed E-state index contributed by atoms with van der Waals surface area (Å²) in [5.41, 5.74) is 2.72. The van der Waals surface area contributed by atoms with Gasteiger partial charge in [-0.15, -0.1) is 0 Å². The normalized spacial score (nSPS) is 23.9. The third-order valence-corrected chi connectivity index (χ3v) is 3.11. The maximum atomic E-state index is 12.0. The molecule has 0 aliphatic carbocycles. The molecule has 1 aromatic rings. The van der Waals surface area contributed by atoms with Crippen molar-refractivity contribution in [1.82, 2.24) is 15.2 Å². The Morgan fingerprint density at radius 2 is 2.40 bits per heavy atom. The first-order chi connectivity index (χ1) is 7.27. The standard InChI is InChI=1S/C11H13N3O/c1-7-2-3-8-10(13-7)9-6-12-4-5-14(9)11(8)15/h2-3,9,12H,4-6H2,1H3. The number of carbonyl (C=O) groups excluding carboxylic acids is 1. The van der Waals surface area contributed by atoms with E-state index in [0.717, 1.165) is 36.6 Å². The van der Waals surface area contributed by atoms with Gasteiger partial charge in [-0.1, -0.05) is 0 Å². The van der Waals surface area contributed by atoms with Crippen LogP contribution in [0.5, 0.6) is 0 Å². The molecule has 4 heteroatoms. The molecule has 1 unspecified atom stereocenters. The van der Waals surface area contributed by atoms with Gasteiger partial charge in [-0.3, -0.25) is 9.78 Å². The summed E-state index contributed by atoms with van der Waals surface area (Å²) in [7, 11) is 0. The summed E-state index contributed by atoms with van der Waals surface area (Å²) >= 11 is 0. The summed E-state index contributed by atoms with van der Waals surface area (Å²) in [6.45, 7) is 4.47. The summed E-state index contributed by atoms with van der Waals surface area (Å²) in [6, 6.07) is 3.96. The number of aryl methyl sites for hydroxylation is 1. The highest BCUT2D eigenvalue weighted by Crippen LogP contribution is 2.32. The number of nitrogens with zero attached hydrogens (tertiary/aromatic N) is 2. The van der Waals surface area contributed by atoms with Crippen LogP contribution >= 0.6 is 0 Å². The minimum absolute atomic E-state index is 0.143. The van der Waals surface area contributed by atoms with Crippen molar-refractivity contribution in [3.8, 4) is 0 Å². The molecule has 1 saturated heterocycles. The van der Waals surface area contributed by atoms with E-state index in [1.54, 1.807) is 0 Å². The van der Waals surface area contributed by atoms with Gasteiger partial charge in [0.15, 0.2) is 0 Å². The van der Waals surface area contributed by atoms with Crippen molar-refractivity contribution < 1.29 is 4.79 Å². The number of hydrogen-bond acceptors (Lipinski definition) is 3. The summed E-state index contributed by atoms with van der Waals surface area (Å²) in [6.07, 6.45) is 0. The van der Waals surface area contributed by atoms with E-state index in [1.807, 2.05) is 24.0 Å². The molecule has 2 aliphatic heterocycles. The number of nitrogens with one attached hydrogen (secondary N) is 1. The molecule has 1 atom stereocenters. The van der Waals surface area contributed by atoms with E-state index in [2.05, 4.69) is 10.3 Å². The number of fused-ring (bicyclic) bond motifs is 3. The number of piperazine rings is 1. The smallest absolute Gasteiger partial charge is 0.256 e. The highest BCUT2D eigenvalue weighted by atomic mass is 16.2. The number of pyridine rings is 1. The van der Waals surface area contributed by atoms with E-state index in [-0.39, 0.29) is 11.9 Å². The average molecular weight is 203 g/mol. The van der Waals surface area contributed by atoms with E-state index in [1.165, 1.54) is 0 Å². The summed E-state index contributed by atoms with van der Waals surface area (Å²) < 4.78 is 0. The van der Waals surface area contributed by atoms with E-state index in [4.69, 9.17) is 0 Å². The zero-order chi connectivity index (χ0) is 10.4. The predicted molar refractivity (Wildman–Crippen MR) is 55.6 cm³/mol. The fraction of sp³-hybridized carbons (Fsp3) is 0.455. The van der Waals surface area contributed by atoms with Crippen LogP contribution < -0.4 is 5.32 Å². The van der Waals surface area contributed by atoms with E-state index in [9.17, 15) is 4.79 Å². The fourth-order valence-corrected chi connectivity index (χ4v) is 2.36. The lowest BCUT2D eigenvalue weighted by atomic mass is 10.1. The lowest BCUT2D eigenvalue weighted by molar-refractivity contribution is 0.0689. The topological polar surface area (TPSA) is 45.2 Å². The first-order valence-corrected chi connectivity index (χ1v) is 5.26. The van der Waals surface area contributed by atoms with E-state index in [0.29, 0.717) is 0 Å². The Hall–Kier alpha value is -1.42. The van der Waals surface area contributed by atoms with Crippen LogP contribution in [0.4, 0.5) is 0 Å². The van der Waals surface area contributed by atoms with Gasteiger partial charge in [0.25, 0.3) is 5.91 Å². The quantitative estimate of drug-likeness (QED) is 0.667. The molecule has 15 heavy (non-hydrogen) atoms. The van der Waals surface area contributed by atoms with Crippen molar-refractivity contribution in [1.29, 1.82) is 0 Å². The fourth-order valence-electron chi connectivity index (χ4n) is 2.36. The summed E-state index contributed by atoms with van der Waals surface area (Å²) in [5.74, 6) is 0.143. The SMILES string of the molecule is Cc1ccc2c(n1)C1CNCCN1C2=O. The second kappa shape index (κ2) is 3.03. The Morgan fingerprint density at radius 1 is 1.53 bits per heavy atom. The van der Waals surface area contributed by atoms with Crippen LogP contribution in [0.3, 0.4) is 0 Å². The maximum absolute atomic E-state index is 12.0. The Labute approximate surface area is 88.3 Å². The molecule has 1 amide bonds. The van der Waals surface area contributed by atoms with Gasteiger partial charge in [-0.2, -0.15) is 0 Å². The molecule has 4 nitrogen and oxygen atoms in total. The number of rotatable bonds is 0. The molecular weight excluding hydrogens is 190 g/mol. The van der Waals surface area contributed by atoms with Gasteiger partial charge in [0.2, 0.25) is 0 Å². The molecule has 3 heterocycles. The van der Waals surface area contributed by atoms with Crippen LogP contribution in [-0.2, 0) is 0 Å². The lowest BCUT2D eigenvalue weighted by Gasteiger charge is -2.30. The van der Waals surface area contributed by atoms with Gasteiger partial charge in [0.05, 0.1) is 17.3 Å². The average Bonchev–Trinajstić information content (AvgIpc) is 2.54. The molecule has 1 fully saturated rings. The Balaban J connectivity index is 2.12. The number of amides is 1. The Morgan fingerprint density at radius 3 is 3.27 bits per heavy atom. The van der Waals surface area contributed by atoms with Crippen molar-refractivity contribution in [3.63, 3.8) is 0 Å². The molecule has 0 aromatic carbocycles. The van der Waals surface area contributed by atoms with Crippen LogP contribution in [0.2, 0.25) is 0 Å². The van der Waals surface area contributed by atoms with Crippen LogP contribution in [0, 0.1) is 6.92 Å². The van der Waals surface area contributed by atoms with Gasteiger partial charge in [-0.05, 0) is 19.1 Å². The maximum Gasteiger partial charge on any atom is 0.256 e. The van der Waals surface area contributed by atoms with Crippen molar-refractivity contribution in [2.45, 2.75) is 13.0 Å². The van der Waals surface area contributed by atoms with Gasteiger partial charge < -0.3 is 10.2 Å². The minimum Gasteiger partial charge on any atom is -0.327 e. The van der Waals surface area contributed by atoms with Crippen molar-refractivity contribution in [3.05, 3.63) is 29.1 Å². The van der Waals surface area contributed by atoms with Crippen LogP contribution in [0.25, 0.3) is 0 Å². The van der Waals surface area contributed by atoms with Gasteiger partial charge in [0, 0.05) is 25.3 Å². The largest absolute Gasteiger partial charge is 0.327 e. The second-order valence-corrected chi connectivity index (χ2v) is 4.10. The zero-order valence-corrected chi connectivity index (χ0v) is 8.66. The Kier molecular flexibility index (Phi) is 1.79. The minimum atomic E-state index is 0.143. The molecule has 0 spiro atoms.